The Balaban J connectivity index is 1.82. The summed E-state index contributed by atoms with van der Waals surface area (Å²) in [7, 11) is -3.66. The fourth-order valence-electron chi connectivity index (χ4n) is 4.09. The average molecular weight is 446 g/mol. The van der Waals surface area contributed by atoms with Gasteiger partial charge in [0.25, 0.3) is 5.91 Å². The van der Waals surface area contributed by atoms with Crippen molar-refractivity contribution in [1.82, 2.24) is 14.2 Å². The number of rotatable bonds is 5. The van der Waals surface area contributed by atoms with Gasteiger partial charge in [-0.25, -0.2) is 13.4 Å². The number of carbonyl (C=O) groups excluding carboxylic acids is 1. The van der Waals surface area contributed by atoms with Crippen molar-refractivity contribution in [3.8, 4) is 5.88 Å². The zero-order valence-electron chi connectivity index (χ0n) is 19.2. The van der Waals surface area contributed by atoms with E-state index in [0.717, 1.165) is 27.8 Å². The zero-order valence-corrected chi connectivity index (χ0v) is 20.0. The number of pyridine rings is 1. The van der Waals surface area contributed by atoms with Crippen LogP contribution in [0.5, 0.6) is 5.88 Å². The van der Waals surface area contributed by atoms with E-state index in [1.54, 1.807) is 23.2 Å². The quantitative estimate of drug-likeness (QED) is 0.706. The van der Waals surface area contributed by atoms with Crippen LogP contribution in [0.4, 0.5) is 0 Å². The smallest absolute Gasteiger partial charge is 0.259 e. The molecule has 0 radical (unpaired) electrons. The number of hydrogen-bond donors (Lipinski definition) is 0. The number of benzene rings is 1. The molecule has 0 spiro atoms. The predicted molar refractivity (Wildman–Crippen MR) is 120 cm³/mol. The standard InChI is InChI=1S/C23H31N3O4S/c1-7-30-22-20(9-8-10-24-22)23(27)25-11-13-26(14-12-25)31(28,29)21-18(5)16(3)15(2)17(4)19(21)6/h8-10H,7,11-14H2,1-6H3. The van der Waals surface area contributed by atoms with Gasteiger partial charge in [-0.2, -0.15) is 4.31 Å². The fourth-order valence-corrected chi connectivity index (χ4v) is 6.07. The highest BCUT2D eigenvalue weighted by Crippen LogP contribution is 2.32. The first-order valence-corrected chi connectivity index (χ1v) is 12.0. The number of ether oxygens (including phenoxy) is 1. The molecule has 1 aliphatic heterocycles. The van der Waals surface area contributed by atoms with Crippen LogP contribution in [0, 0.1) is 34.6 Å². The zero-order chi connectivity index (χ0) is 22.9. The number of amides is 1. The summed E-state index contributed by atoms with van der Waals surface area (Å²) in [6.45, 7) is 13.1. The third-order valence-electron chi connectivity index (χ3n) is 6.34. The van der Waals surface area contributed by atoms with E-state index in [0.29, 0.717) is 36.0 Å². The van der Waals surface area contributed by atoms with Crippen molar-refractivity contribution >= 4 is 15.9 Å². The van der Waals surface area contributed by atoms with E-state index in [1.807, 2.05) is 41.5 Å². The molecule has 0 unspecified atom stereocenters. The Morgan fingerprint density at radius 1 is 0.968 bits per heavy atom. The summed E-state index contributed by atoms with van der Waals surface area (Å²) in [5, 5.41) is 0. The molecule has 7 nitrogen and oxygen atoms in total. The summed E-state index contributed by atoms with van der Waals surface area (Å²) in [5.74, 6) is 0.116. The fraction of sp³-hybridized carbons (Fsp3) is 0.478. The lowest BCUT2D eigenvalue weighted by Gasteiger charge is -2.35. The number of sulfonamides is 1. The molecule has 1 amide bonds. The Hall–Kier alpha value is -2.45. The van der Waals surface area contributed by atoms with E-state index in [-0.39, 0.29) is 19.0 Å². The summed E-state index contributed by atoms with van der Waals surface area (Å²) < 4.78 is 34.0. The molecule has 31 heavy (non-hydrogen) atoms. The lowest BCUT2D eigenvalue weighted by Crippen LogP contribution is -2.50. The lowest BCUT2D eigenvalue weighted by molar-refractivity contribution is 0.0692. The molecule has 0 aliphatic carbocycles. The van der Waals surface area contributed by atoms with Gasteiger partial charge in [0, 0.05) is 32.4 Å². The van der Waals surface area contributed by atoms with Crippen molar-refractivity contribution in [1.29, 1.82) is 0 Å². The van der Waals surface area contributed by atoms with E-state index in [2.05, 4.69) is 4.98 Å². The molecule has 0 atom stereocenters. The Bertz CT molecular complexity index is 1080. The van der Waals surface area contributed by atoms with Crippen LogP contribution in [0.1, 0.15) is 45.1 Å². The highest BCUT2D eigenvalue weighted by atomic mass is 32.2. The van der Waals surface area contributed by atoms with Crippen molar-refractivity contribution in [2.45, 2.75) is 46.4 Å². The van der Waals surface area contributed by atoms with Gasteiger partial charge in [0.2, 0.25) is 15.9 Å². The Morgan fingerprint density at radius 3 is 2.06 bits per heavy atom. The number of piperazine rings is 1. The first-order chi connectivity index (χ1) is 14.6. The molecular weight excluding hydrogens is 414 g/mol. The molecule has 1 saturated heterocycles. The molecule has 168 valence electrons. The van der Waals surface area contributed by atoms with Crippen molar-refractivity contribution in [2.24, 2.45) is 0 Å². The third kappa shape index (κ3) is 4.19. The first kappa shape index (κ1) is 23.2. The second kappa shape index (κ2) is 8.96. The van der Waals surface area contributed by atoms with E-state index >= 15 is 0 Å². The maximum Gasteiger partial charge on any atom is 0.259 e. The molecule has 1 aliphatic rings. The van der Waals surface area contributed by atoms with Gasteiger partial charge in [-0.15, -0.1) is 0 Å². The van der Waals surface area contributed by atoms with Crippen LogP contribution in [0.15, 0.2) is 23.2 Å². The molecule has 3 rings (SSSR count). The highest BCUT2D eigenvalue weighted by molar-refractivity contribution is 7.89. The van der Waals surface area contributed by atoms with E-state index in [4.69, 9.17) is 4.74 Å². The van der Waals surface area contributed by atoms with E-state index in [9.17, 15) is 13.2 Å². The van der Waals surface area contributed by atoms with Crippen molar-refractivity contribution in [2.75, 3.05) is 32.8 Å². The molecule has 2 aromatic rings. The van der Waals surface area contributed by atoms with Gasteiger partial charge in [0.15, 0.2) is 0 Å². The van der Waals surface area contributed by atoms with Gasteiger partial charge in [-0.05, 0) is 81.5 Å². The Labute approximate surface area is 185 Å². The van der Waals surface area contributed by atoms with Crippen LogP contribution >= 0.6 is 0 Å². The number of carbonyl (C=O) groups is 1. The molecule has 1 fully saturated rings. The van der Waals surface area contributed by atoms with Gasteiger partial charge in [-0.1, -0.05) is 0 Å². The molecule has 1 aromatic carbocycles. The van der Waals surface area contributed by atoms with Gasteiger partial charge < -0.3 is 9.64 Å². The van der Waals surface area contributed by atoms with Gasteiger partial charge in [-0.3, -0.25) is 4.79 Å². The van der Waals surface area contributed by atoms with Crippen LogP contribution in [0.3, 0.4) is 0 Å². The van der Waals surface area contributed by atoms with Gasteiger partial charge in [0.1, 0.15) is 5.56 Å². The van der Waals surface area contributed by atoms with Crippen LogP contribution in [-0.4, -0.2) is 61.3 Å². The summed E-state index contributed by atoms with van der Waals surface area (Å²) in [4.78, 5) is 19.2. The molecule has 0 N–H and O–H groups in total. The Morgan fingerprint density at radius 2 is 1.52 bits per heavy atom. The maximum atomic E-state index is 13.5. The molecule has 0 saturated carbocycles. The second-order valence-corrected chi connectivity index (χ2v) is 9.81. The summed E-state index contributed by atoms with van der Waals surface area (Å²) >= 11 is 0. The maximum absolute atomic E-state index is 13.5. The SMILES string of the molecule is CCOc1ncccc1C(=O)N1CCN(S(=O)(=O)c2c(C)c(C)c(C)c(C)c2C)CC1. The normalized spacial score (nSPS) is 15.2. The molecule has 1 aromatic heterocycles. The number of hydrogen-bond acceptors (Lipinski definition) is 5. The predicted octanol–water partition coefficient (Wildman–Crippen LogP) is 3.17. The Kier molecular flexibility index (Phi) is 6.71. The number of aromatic nitrogens is 1. The van der Waals surface area contributed by atoms with Crippen molar-refractivity contribution < 1.29 is 17.9 Å². The number of nitrogens with zero attached hydrogens (tertiary/aromatic N) is 3. The van der Waals surface area contributed by atoms with Gasteiger partial charge in [0.05, 0.1) is 11.5 Å². The minimum Gasteiger partial charge on any atom is -0.477 e. The second-order valence-electron chi connectivity index (χ2n) is 7.94. The molecule has 0 bridgehead atoms. The van der Waals surface area contributed by atoms with Crippen LogP contribution < -0.4 is 4.74 Å². The van der Waals surface area contributed by atoms with Crippen molar-refractivity contribution in [3.63, 3.8) is 0 Å². The lowest BCUT2D eigenvalue weighted by atomic mass is 9.95. The summed E-state index contributed by atoms with van der Waals surface area (Å²) in [6, 6.07) is 3.39. The minimum absolute atomic E-state index is 0.192. The van der Waals surface area contributed by atoms with Crippen molar-refractivity contribution in [3.05, 3.63) is 51.7 Å². The van der Waals surface area contributed by atoms with Crippen LogP contribution in [0.25, 0.3) is 0 Å². The summed E-state index contributed by atoms with van der Waals surface area (Å²) in [6.07, 6.45) is 1.59. The highest BCUT2D eigenvalue weighted by Gasteiger charge is 2.34. The first-order valence-electron chi connectivity index (χ1n) is 10.5. The average Bonchev–Trinajstić information content (AvgIpc) is 2.76. The van der Waals surface area contributed by atoms with E-state index < -0.39 is 10.0 Å². The largest absolute Gasteiger partial charge is 0.477 e. The minimum atomic E-state index is -3.66. The van der Waals surface area contributed by atoms with Gasteiger partial charge >= 0.3 is 0 Å². The molecule has 8 heteroatoms. The molecular formula is C23H31N3O4S. The van der Waals surface area contributed by atoms with E-state index in [1.165, 1.54) is 4.31 Å². The summed E-state index contributed by atoms with van der Waals surface area (Å²) in [5.41, 5.74) is 5.15. The topological polar surface area (TPSA) is 79.8 Å². The van der Waals surface area contributed by atoms with Crippen LogP contribution in [-0.2, 0) is 10.0 Å². The monoisotopic (exact) mass is 445 g/mol. The molecule has 2 heterocycles. The third-order valence-corrected chi connectivity index (χ3v) is 8.51. The van der Waals surface area contributed by atoms with Crippen LogP contribution in [0.2, 0.25) is 0 Å².